The van der Waals surface area contributed by atoms with Crippen molar-refractivity contribution in [3.63, 3.8) is 0 Å². The number of para-hydroxylation sites is 1. The Hall–Kier alpha value is -2.80. The maximum Gasteiger partial charge on any atom is 0.160 e. The first-order valence-electron chi connectivity index (χ1n) is 6.48. The van der Waals surface area contributed by atoms with Gasteiger partial charge in [0.15, 0.2) is 6.10 Å². The van der Waals surface area contributed by atoms with Gasteiger partial charge >= 0.3 is 0 Å². The Labute approximate surface area is 115 Å². The minimum absolute atomic E-state index is 0.0784. The van der Waals surface area contributed by atoms with E-state index in [1.165, 1.54) is 5.56 Å². The number of fused-ring (bicyclic) bond motifs is 2. The van der Waals surface area contributed by atoms with Crippen LogP contribution >= 0.6 is 0 Å². The number of hydrogen-bond donors (Lipinski definition) is 1. The second-order valence-corrected chi connectivity index (χ2v) is 4.88. The molecule has 4 heteroatoms. The molecule has 1 aliphatic rings. The monoisotopic (exact) mass is 261 g/mol. The lowest BCUT2D eigenvalue weighted by Crippen LogP contribution is -2.05. The lowest BCUT2D eigenvalue weighted by molar-refractivity contribution is 0.229. The van der Waals surface area contributed by atoms with Gasteiger partial charge in [0.05, 0.1) is 22.7 Å². The van der Waals surface area contributed by atoms with E-state index in [0.717, 1.165) is 29.0 Å². The molecule has 0 spiro atoms. The maximum absolute atomic E-state index is 8.92. The third-order valence-corrected chi connectivity index (χ3v) is 3.58. The fourth-order valence-corrected chi connectivity index (χ4v) is 2.59. The summed E-state index contributed by atoms with van der Waals surface area (Å²) in [7, 11) is 0. The molecule has 0 amide bonds. The molecule has 1 aliphatic heterocycles. The third-order valence-electron chi connectivity index (χ3n) is 3.58. The molecule has 0 fully saturated rings. The van der Waals surface area contributed by atoms with Crippen LogP contribution in [0.4, 0.5) is 0 Å². The van der Waals surface area contributed by atoms with Gasteiger partial charge in [-0.3, -0.25) is 0 Å². The summed E-state index contributed by atoms with van der Waals surface area (Å²) in [6, 6.07) is 15.6. The van der Waals surface area contributed by atoms with Gasteiger partial charge in [-0.2, -0.15) is 5.26 Å². The number of imidazole rings is 1. The summed E-state index contributed by atoms with van der Waals surface area (Å²) in [6.07, 6.45) is 0.742. The molecule has 0 radical (unpaired) electrons. The summed E-state index contributed by atoms with van der Waals surface area (Å²) in [4.78, 5) is 7.82. The van der Waals surface area contributed by atoms with Gasteiger partial charge in [-0.1, -0.05) is 18.2 Å². The van der Waals surface area contributed by atoms with Crippen molar-refractivity contribution in [2.45, 2.75) is 12.5 Å². The average molecular weight is 261 g/mol. The predicted octanol–water partition coefficient (Wildman–Crippen LogP) is 3.11. The Morgan fingerprint density at radius 1 is 1.25 bits per heavy atom. The number of nitrogens with zero attached hydrogens (tertiary/aromatic N) is 2. The molecule has 1 aromatic heterocycles. The van der Waals surface area contributed by atoms with E-state index in [4.69, 9.17) is 10.00 Å². The van der Waals surface area contributed by atoms with Gasteiger partial charge in [-0.15, -0.1) is 0 Å². The van der Waals surface area contributed by atoms with Gasteiger partial charge in [0.1, 0.15) is 11.6 Å². The molecule has 96 valence electrons. The first kappa shape index (κ1) is 11.1. The van der Waals surface area contributed by atoms with Crippen molar-refractivity contribution < 1.29 is 4.74 Å². The molecule has 1 unspecified atom stereocenters. The van der Waals surface area contributed by atoms with Crippen LogP contribution in [-0.4, -0.2) is 9.97 Å². The molecule has 20 heavy (non-hydrogen) atoms. The van der Waals surface area contributed by atoms with Crippen LogP contribution in [0.25, 0.3) is 11.0 Å². The molecular formula is C16H11N3O. The van der Waals surface area contributed by atoms with Crippen molar-refractivity contribution in [1.82, 2.24) is 9.97 Å². The Bertz CT molecular complexity index is 819. The van der Waals surface area contributed by atoms with Crippen LogP contribution in [0, 0.1) is 11.3 Å². The van der Waals surface area contributed by atoms with Crippen LogP contribution in [0.1, 0.15) is 23.1 Å². The van der Waals surface area contributed by atoms with Gasteiger partial charge in [0, 0.05) is 6.42 Å². The first-order chi connectivity index (χ1) is 9.83. The lowest BCUT2D eigenvalue weighted by atomic mass is 10.1. The highest BCUT2D eigenvalue weighted by Crippen LogP contribution is 2.35. The van der Waals surface area contributed by atoms with Crippen molar-refractivity contribution in [3.8, 4) is 11.8 Å². The highest BCUT2D eigenvalue weighted by Gasteiger charge is 2.26. The Kier molecular flexibility index (Phi) is 2.27. The largest absolute Gasteiger partial charge is 0.482 e. The Morgan fingerprint density at radius 2 is 2.15 bits per heavy atom. The number of nitrogens with one attached hydrogen (secondary N) is 1. The number of ether oxygens (including phenoxy) is 1. The standard InChI is InChI=1S/C16H11N3O/c17-9-10-5-6-12-13(7-10)19-16(18-12)15-8-11-3-1-2-4-14(11)20-15/h1-7,15H,8H2,(H,18,19). The van der Waals surface area contributed by atoms with E-state index >= 15 is 0 Å². The van der Waals surface area contributed by atoms with E-state index in [1.807, 2.05) is 30.3 Å². The number of rotatable bonds is 1. The molecular weight excluding hydrogens is 250 g/mol. The van der Waals surface area contributed by atoms with Crippen LogP contribution in [0.5, 0.6) is 5.75 Å². The van der Waals surface area contributed by atoms with E-state index in [9.17, 15) is 0 Å². The number of aromatic amines is 1. The molecule has 2 aromatic carbocycles. The van der Waals surface area contributed by atoms with Gasteiger partial charge in [-0.25, -0.2) is 4.98 Å². The van der Waals surface area contributed by atoms with Crippen molar-refractivity contribution in [1.29, 1.82) is 5.26 Å². The first-order valence-corrected chi connectivity index (χ1v) is 6.48. The Morgan fingerprint density at radius 3 is 3.00 bits per heavy atom. The van der Waals surface area contributed by atoms with E-state index in [-0.39, 0.29) is 6.10 Å². The van der Waals surface area contributed by atoms with Crippen molar-refractivity contribution in [3.05, 3.63) is 59.4 Å². The van der Waals surface area contributed by atoms with Crippen LogP contribution in [0.3, 0.4) is 0 Å². The van der Waals surface area contributed by atoms with Gasteiger partial charge < -0.3 is 9.72 Å². The minimum atomic E-state index is -0.0784. The average Bonchev–Trinajstić information content (AvgIpc) is 3.09. The molecule has 0 aliphatic carbocycles. The van der Waals surface area contributed by atoms with Gasteiger partial charge in [-0.05, 0) is 29.8 Å². The number of H-pyrrole nitrogens is 1. The predicted molar refractivity (Wildman–Crippen MR) is 74.3 cm³/mol. The fourth-order valence-electron chi connectivity index (χ4n) is 2.59. The topological polar surface area (TPSA) is 61.7 Å². The van der Waals surface area contributed by atoms with Gasteiger partial charge in [0.25, 0.3) is 0 Å². The molecule has 2 heterocycles. The van der Waals surface area contributed by atoms with Crippen molar-refractivity contribution in [2.24, 2.45) is 0 Å². The van der Waals surface area contributed by atoms with E-state index < -0.39 is 0 Å². The molecule has 0 saturated heterocycles. The highest BCUT2D eigenvalue weighted by atomic mass is 16.5. The molecule has 1 atom stereocenters. The van der Waals surface area contributed by atoms with Crippen LogP contribution in [0.15, 0.2) is 42.5 Å². The van der Waals surface area contributed by atoms with Crippen molar-refractivity contribution >= 4 is 11.0 Å². The number of nitriles is 1. The summed E-state index contributed by atoms with van der Waals surface area (Å²) >= 11 is 0. The van der Waals surface area contributed by atoms with E-state index in [1.54, 1.807) is 6.07 Å². The zero-order valence-corrected chi connectivity index (χ0v) is 10.6. The molecule has 4 nitrogen and oxygen atoms in total. The summed E-state index contributed by atoms with van der Waals surface area (Å²) in [5.41, 5.74) is 3.57. The summed E-state index contributed by atoms with van der Waals surface area (Å²) < 4.78 is 5.92. The second-order valence-electron chi connectivity index (χ2n) is 4.88. The lowest BCUT2D eigenvalue weighted by Gasteiger charge is -2.06. The molecule has 1 N–H and O–H groups in total. The summed E-state index contributed by atoms with van der Waals surface area (Å²) in [5, 5.41) is 8.92. The smallest absolute Gasteiger partial charge is 0.160 e. The number of benzene rings is 2. The molecule has 3 aromatic rings. The number of aromatic nitrogens is 2. The SMILES string of the molecule is N#Cc1ccc2nc(C3Cc4ccccc4O3)[nH]c2c1. The zero-order chi connectivity index (χ0) is 13.5. The highest BCUT2D eigenvalue weighted by molar-refractivity contribution is 5.76. The molecule has 0 saturated carbocycles. The quantitative estimate of drug-likeness (QED) is 0.732. The molecule has 4 rings (SSSR count). The third kappa shape index (κ3) is 1.64. The van der Waals surface area contributed by atoms with E-state index in [2.05, 4.69) is 22.1 Å². The molecule has 0 bridgehead atoms. The van der Waals surface area contributed by atoms with E-state index in [0.29, 0.717) is 5.56 Å². The van der Waals surface area contributed by atoms with Gasteiger partial charge in [0.2, 0.25) is 0 Å². The number of hydrogen-bond acceptors (Lipinski definition) is 3. The Balaban J connectivity index is 1.72. The zero-order valence-electron chi connectivity index (χ0n) is 10.6. The van der Waals surface area contributed by atoms with Crippen LogP contribution < -0.4 is 4.74 Å². The van der Waals surface area contributed by atoms with Crippen LogP contribution in [-0.2, 0) is 6.42 Å². The minimum Gasteiger partial charge on any atom is -0.482 e. The van der Waals surface area contributed by atoms with Crippen molar-refractivity contribution in [2.75, 3.05) is 0 Å². The van der Waals surface area contributed by atoms with Crippen LogP contribution in [0.2, 0.25) is 0 Å². The summed E-state index contributed by atoms with van der Waals surface area (Å²) in [5.74, 6) is 1.74. The second kappa shape index (κ2) is 4.10. The fraction of sp³-hybridized carbons (Fsp3) is 0.125. The normalized spacial score (nSPS) is 16.6. The maximum atomic E-state index is 8.92. The summed E-state index contributed by atoms with van der Waals surface area (Å²) in [6.45, 7) is 0.